The van der Waals surface area contributed by atoms with Crippen LogP contribution in [0.25, 0.3) is 5.57 Å². The fraction of sp³-hybridized carbons (Fsp3) is 0.261. The third-order valence-corrected chi connectivity index (χ3v) is 5.21. The predicted octanol–water partition coefficient (Wildman–Crippen LogP) is 4.58. The molecule has 0 radical (unpaired) electrons. The molecule has 5 heteroatoms. The fourth-order valence-corrected chi connectivity index (χ4v) is 3.81. The molecule has 0 aliphatic carbocycles. The van der Waals surface area contributed by atoms with Crippen LogP contribution in [0.4, 0.5) is 0 Å². The van der Waals surface area contributed by atoms with E-state index in [0.29, 0.717) is 5.69 Å². The Morgan fingerprint density at radius 2 is 2.04 bits per heavy atom. The number of hydrogen-bond acceptors (Lipinski definition) is 4. The van der Waals surface area contributed by atoms with Gasteiger partial charge < -0.3 is 15.3 Å². The number of fused-ring (bicyclic) bond motifs is 1. The predicted molar refractivity (Wildman–Crippen MR) is 113 cm³/mol. The van der Waals surface area contributed by atoms with Gasteiger partial charge in [-0.15, -0.1) is 0 Å². The maximum atomic E-state index is 10.1. The first-order valence-electron chi connectivity index (χ1n) is 9.38. The Balaban J connectivity index is 1.65. The Kier molecular flexibility index (Phi) is 4.77. The van der Waals surface area contributed by atoms with Crippen molar-refractivity contribution >= 4 is 17.2 Å². The van der Waals surface area contributed by atoms with Gasteiger partial charge in [0.2, 0.25) is 0 Å². The lowest BCUT2D eigenvalue weighted by atomic mass is 9.94. The molecule has 0 spiro atoms. The van der Waals surface area contributed by atoms with Crippen molar-refractivity contribution in [3.05, 3.63) is 94.2 Å². The number of benzene rings is 1. The summed E-state index contributed by atoms with van der Waals surface area (Å²) in [5.41, 5.74) is 5.47. The normalized spacial score (nSPS) is 18.8. The van der Waals surface area contributed by atoms with Gasteiger partial charge in [0.05, 0.1) is 5.69 Å². The summed E-state index contributed by atoms with van der Waals surface area (Å²) in [6, 6.07) is 11.9. The van der Waals surface area contributed by atoms with Gasteiger partial charge in [-0.25, -0.2) is 0 Å². The lowest BCUT2D eigenvalue weighted by Crippen LogP contribution is -2.36. The average Bonchev–Trinajstić information content (AvgIpc) is 3.01. The van der Waals surface area contributed by atoms with Crippen molar-refractivity contribution in [3.8, 4) is 0 Å². The Labute approximate surface area is 170 Å². The highest BCUT2D eigenvalue weighted by Crippen LogP contribution is 2.33. The van der Waals surface area contributed by atoms with Crippen molar-refractivity contribution in [2.45, 2.75) is 39.0 Å². The molecule has 4 nitrogen and oxygen atoms in total. The second-order valence-corrected chi connectivity index (χ2v) is 8.34. The van der Waals surface area contributed by atoms with Gasteiger partial charge in [-0.1, -0.05) is 29.8 Å². The standard InChI is InChI=1S/C23H24ClN3O/c1-15-13-27-14-17(9-16-7-8-21(25-12-16)23(2,3)28)10-20(22(27)26-15)18-5-4-6-19(24)11-18/h4-8,10-14,22,26,28H,9H2,1-3H3. The van der Waals surface area contributed by atoms with Crippen LogP contribution in [0.15, 0.2) is 72.3 Å². The van der Waals surface area contributed by atoms with Crippen LogP contribution in [0, 0.1) is 0 Å². The van der Waals surface area contributed by atoms with E-state index in [1.165, 1.54) is 11.1 Å². The molecular weight excluding hydrogens is 370 g/mol. The number of nitrogens with zero attached hydrogens (tertiary/aromatic N) is 2. The monoisotopic (exact) mass is 393 g/mol. The van der Waals surface area contributed by atoms with Crippen LogP contribution < -0.4 is 5.32 Å². The molecule has 1 atom stereocenters. The molecule has 144 valence electrons. The van der Waals surface area contributed by atoms with Crippen molar-refractivity contribution in [1.82, 2.24) is 15.2 Å². The van der Waals surface area contributed by atoms with Crippen LogP contribution in [-0.4, -0.2) is 21.2 Å². The van der Waals surface area contributed by atoms with Crippen LogP contribution in [0.5, 0.6) is 0 Å². The molecule has 1 aromatic carbocycles. The molecule has 0 fully saturated rings. The van der Waals surface area contributed by atoms with Gasteiger partial charge in [-0.3, -0.25) is 4.98 Å². The Morgan fingerprint density at radius 1 is 1.21 bits per heavy atom. The minimum absolute atomic E-state index is 0.0814. The lowest BCUT2D eigenvalue weighted by molar-refractivity contribution is 0.0738. The minimum Gasteiger partial charge on any atom is -0.384 e. The fourth-order valence-electron chi connectivity index (χ4n) is 3.62. The maximum absolute atomic E-state index is 10.1. The summed E-state index contributed by atoms with van der Waals surface area (Å²) in [6.45, 7) is 5.56. The van der Waals surface area contributed by atoms with Crippen LogP contribution in [0.1, 0.15) is 37.6 Å². The molecule has 2 aliphatic rings. The maximum Gasteiger partial charge on any atom is 0.129 e. The molecule has 2 aliphatic heterocycles. The van der Waals surface area contributed by atoms with E-state index < -0.39 is 5.60 Å². The second-order valence-electron chi connectivity index (χ2n) is 7.91. The van der Waals surface area contributed by atoms with Gasteiger partial charge in [0, 0.05) is 41.3 Å². The quantitative estimate of drug-likeness (QED) is 0.798. The number of allylic oxidation sites excluding steroid dienone is 3. The van der Waals surface area contributed by atoms with Crippen molar-refractivity contribution in [1.29, 1.82) is 0 Å². The topological polar surface area (TPSA) is 48.4 Å². The molecule has 0 bridgehead atoms. The van der Waals surface area contributed by atoms with Crippen LogP contribution in [0.3, 0.4) is 0 Å². The van der Waals surface area contributed by atoms with Crippen LogP contribution in [0.2, 0.25) is 5.02 Å². The highest BCUT2D eigenvalue weighted by atomic mass is 35.5. The number of nitrogens with one attached hydrogen (secondary N) is 1. The minimum atomic E-state index is -0.931. The van der Waals surface area contributed by atoms with Gasteiger partial charge in [-0.05, 0) is 61.7 Å². The Bertz CT molecular complexity index is 984. The third kappa shape index (κ3) is 3.84. The smallest absolute Gasteiger partial charge is 0.129 e. The summed E-state index contributed by atoms with van der Waals surface area (Å²) in [4.78, 5) is 6.64. The molecule has 3 heterocycles. The molecule has 2 N–H and O–H groups in total. The molecule has 0 saturated carbocycles. The molecule has 28 heavy (non-hydrogen) atoms. The summed E-state index contributed by atoms with van der Waals surface area (Å²) >= 11 is 6.24. The van der Waals surface area contributed by atoms with E-state index in [1.807, 2.05) is 36.5 Å². The molecule has 4 rings (SSSR count). The SMILES string of the molecule is CC1=CN2C=C(Cc3ccc(C(C)(C)O)nc3)C=C(c3cccc(Cl)c3)C2N1. The first-order chi connectivity index (χ1) is 13.3. The molecular formula is C23H24ClN3O. The summed E-state index contributed by atoms with van der Waals surface area (Å²) in [5.74, 6) is 0. The van der Waals surface area contributed by atoms with Gasteiger partial charge in [0.25, 0.3) is 0 Å². The van der Waals surface area contributed by atoms with E-state index in [-0.39, 0.29) is 6.17 Å². The first-order valence-corrected chi connectivity index (χ1v) is 9.76. The number of halogens is 1. The first kappa shape index (κ1) is 18.8. The van der Waals surface area contributed by atoms with Crippen molar-refractivity contribution in [2.75, 3.05) is 0 Å². The van der Waals surface area contributed by atoms with Crippen molar-refractivity contribution in [3.63, 3.8) is 0 Å². The molecule has 1 unspecified atom stereocenters. The average molecular weight is 394 g/mol. The summed E-state index contributed by atoms with van der Waals surface area (Å²) in [5, 5.41) is 14.4. The van der Waals surface area contributed by atoms with Gasteiger partial charge in [0.15, 0.2) is 0 Å². The van der Waals surface area contributed by atoms with Gasteiger partial charge >= 0.3 is 0 Å². The van der Waals surface area contributed by atoms with Crippen LogP contribution in [-0.2, 0) is 12.0 Å². The van der Waals surface area contributed by atoms with E-state index in [4.69, 9.17) is 11.6 Å². The number of hydrogen-bond donors (Lipinski definition) is 2. The van der Waals surface area contributed by atoms with Crippen molar-refractivity contribution < 1.29 is 5.11 Å². The number of pyridine rings is 1. The summed E-state index contributed by atoms with van der Waals surface area (Å²) < 4.78 is 0. The zero-order valence-corrected chi connectivity index (χ0v) is 17.0. The number of rotatable bonds is 4. The van der Waals surface area contributed by atoms with Crippen LogP contribution >= 0.6 is 11.6 Å². The third-order valence-electron chi connectivity index (χ3n) is 4.97. The van der Waals surface area contributed by atoms with E-state index in [9.17, 15) is 5.11 Å². The number of aliphatic hydroxyl groups is 1. The zero-order valence-electron chi connectivity index (χ0n) is 16.3. The van der Waals surface area contributed by atoms with E-state index >= 15 is 0 Å². The molecule has 0 saturated heterocycles. The molecule has 0 amide bonds. The van der Waals surface area contributed by atoms with E-state index in [1.54, 1.807) is 13.8 Å². The summed E-state index contributed by atoms with van der Waals surface area (Å²) in [7, 11) is 0. The summed E-state index contributed by atoms with van der Waals surface area (Å²) in [6.07, 6.45) is 9.22. The molecule has 2 aromatic rings. The lowest BCUT2D eigenvalue weighted by Gasteiger charge is -2.30. The second kappa shape index (κ2) is 7.12. The zero-order chi connectivity index (χ0) is 19.9. The largest absolute Gasteiger partial charge is 0.384 e. The highest BCUT2D eigenvalue weighted by Gasteiger charge is 2.29. The van der Waals surface area contributed by atoms with Gasteiger partial charge in [0.1, 0.15) is 11.8 Å². The van der Waals surface area contributed by atoms with E-state index in [0.717, 1.165) is 28.3 Å². The van der Waals surface area contributed by atoms with Gasteiger partial charge in [-0.2, -0.15) is 0 Å². The van der Waals surface area contributed by atoms with E-state index in [2.05, 4.69) is 46.7 Å². The Morgan fingerprint density at radius 3 is 2.71 bits per heavy atom. The molecule has 1 aromatic heterocycles. The Hall–Kier alpha value is -2.56. The van der Waals surface area contributed by atoms with Crippen molar-refractivity contribution in [2.24, 2.45) is 0 Å². The highest BCUT2D eigenvalue weighted by molar-refractivity contribution is 6.30. The number of aromatic nitrogens is 1.